The number of aromatic nitrogens is 1. The van der Waals surface area contributed by atoms with E-state index in [1.54, 1.807) is 37.5 Å². The van der Waals surface area contributed by atoms with E-state index in [2.05, 4.69) is 27.6 Å². The number of esters is 2. The molecule has 1 aliphatic heterocycles. The minimum atomic E-state index is -0.675. The lowest BCUT2D eigenvalue weighted by molar-refractivity contribution is -0.145. The van der Waals surface area contributed by atoms with Crippen molar-refractivity contribution >= 4 is 51.9 Å². The summed E-state index contributed by atoms with van der Waals surface area (Å²) in [6, 6.07) is 10.6. The molecule has 210 valence electrons. The molecule has 4 rings (SSSR count). The minimum absolute atomic E-state index is 0.209. The Labute approximate surface area is 248 Å². The smallest absolute Gasteiger partial charge is 0.344 e. The second-order valence-corrected chi connectivity index (χ2v) is 11.0. The fourth-order valence-electron chi connectivity index (χ4n) is 4.30. The third-order valence-corrected chi connectivity index (χ3v) is 7.88. The molecule has 9 nitrogen and oxygen atoms in total. The number of methoxy groups -OCH3 is 1. The SMILES string of the molecule is CCOC(=O)COc1c(I)cc(/C=c2/sc3n(c2=O)[C@H](c2ccc(C)cc2)C(C(=O)OCC)=C(C)N=3)cc1OC. The second-order valence-electron chi connectivity index (χ2n) is 8.84. The fraction of sp³-hybridized carbons (Fsp3) is 0.310. The zero-order valence-corrected chi connectivity index (χ0v) is 25.8. The Morgan fingerprint density at radius 1 is 1.10 bits per heavy atom. The summed E-state index contributed by atoms with van der Waals surface area (Å²) in [7, 11) is 1.50. The highest BCUT2D eigenvalue weighted by atomic mass is 127. The summed E-state index contributed by atoms with van der Waals surface area (Å²) < 4.78 is 24.1. The third kappa shape index (κ3) is 6.15. The standard InChI is InChI=1S/C29H29IN2O7S/c1-6-37-23(33)15-39-26-20(30)12-18(13-21(26)36-5)14-22-27(34)32-25(19-10-8-16(3)9-11-19)24(28(35)38-7-2)17(4)31-29(32)40-22/h8-14,25H,6-7,15H2,1-5H3/b22-14+/t25-/m1/s1. The first kappa shape index (κ1) is 29.5. The summed E-state index contributed by atoms with van der Waals surface area (Å²) in [5, 5.41) is 0. The van der Waals surface area contributed by atoms with Crippen molar-refractivity contribution in [3.63, 3.8) is 0 Å². The molecule has 0 radical (unpaired) electrons. The molecular formula is C29H29IN2O7S. The van der Waals surface area contributed by atoms with Crippen LogP contribution in [0.5, 0.6) is 11.5 Å². The number of rotatable bonds is 9. The predicted molar refractivity (Wildman–Crippen MR) is 159 cm³/mol. The maximum atomic E-state index is 13.8. The second kappa shape index (κ2) is 12.8. The highest BCUT2D eigenvalue weighted by Gasteiger charge is 2.33. The van der Waals surface area contributed by atoms with Gasteiger partial charge in [-0.3, -0.25) is 9.36 Å². The van der Waals surface area contributed by atoms with Gasteiger partial charge >= 0.3 is 11.9 Å². The van der Waals surface area contributed by atoms with Crippen molar-refractivity contribution in [2.45, 2.75) is 33.7 Å². The van der Waals surface area contributed by atoms with Crippen molar-refractivity contribution in [1.82, 2.24) is 4.57 Å². The number of allylic oxidation sites excluding steroid dienone is 1. The van der Waals surface area contributed by atoms with Crippen molar-refractivity contribution in [2.24, 2.45) is 4.99 Å². The molecule has 2 aromatic carbocycles. The van der Waals surface area contributed by atoms with E-state index in [0.717, 1.165) is 11.1 Å². The Kier molecular flexibility index (Phi) is 9.46. The predicted octanol–water partition coefficient (Wildman–Crippen LogP) is 3.66. The van der Waals surface area contributed by atoms with E-state index in [4.69, 9.17) is 18.9 Å². The zero-order valence-electron chi connectivity index (χ0n) is 22.8. The lowest BCUT2D eigenvalue weighted by Gasteiger charge is -2.24. The molecule has 0 unspecified atom stereocenters. The molecule has 3 aromatic rings. The average Bonchev–Trinajstić information content (AvgIpc) is 3.21. The van der Waals surface area contributed by atoms with E-state index < -0.39 is 18.0 Å². The number of ether oxygens (including phenoxy) is 4. The maximum Gasteiger partial charge on any atom is 0.344 e. The first-order valence-corrected chi connectivity index (χ1v) is 14.5. The molecule has 0 amide bonds. The molecule has 0 fully saturated rings. The van der Waals surface area contributed by atoms with E-state index in [1.807, 2.05) is 37.3 Å². The Hall–Kier alpha value is -3.45. The molecule has 0 aliphatic carbocycles. The number of fused-ring (bicyclic) bond motifs is 1. The number of halogens is 1. The van der Waals surface area contributed by atoms with Crippen molar-refractivity contribution < 1.29 is 28.5 Å². The number of hydrogen-bond acceptors (Lipinski definition) is 9. The monoisotopic (exact) mass is 676 g/mol. The number of carbonyl (C=O) groups is 2. The minimum Gasteiger partial charge on any atom is -0.493 e. The summed E-state index contributed by atoms with van der Waals surface area (Å²) in [6.07, 6.45) is 1.75. The Balaban J connectivity index is 1.82. The van der Waals surface area contributed by atoms with Crippen LogP contribution >= 0.6 is 33.9 Å². The van der Waals surface area contributed by atoms with Gasteiger partial charge in [-0.15, -0.1) is 0 Å². The maximum absolute atomic E-state index is 13.8. The van der Waals surface area contributed by atoms with Crippen LogP contribution in [0.3, 0.4) is 0 Å². The van der Waals surface area contributed by atoms with Crippen LogP contribution < -0.4 is 24.4 Å². The lowest BCUT2D eigenvalue weighted by Crippen LogP contribution is -2.39. The van der Waals surface area contributed by atoms with Crippen molar-refractivity contribution in [3.05, 3.63) is 87.6 Å². The first-order valence-electron chi connectivity index (χ1n) is 12.6. The van der Waals surface area contributed by atoms with E-state index in [9.17, 15) is 14.4 Å². The van der Waals surface area contributed by atoms with E-state index in [-0.39, 0.29) is 25.4 Å². The molecule has 1 aromatic heterocycles. The van der Waals surface area contributed by atoms with Crippen LogP contribution in [0.1, 0.15) is 43.5 Å². The van der Waals surface area contributed by atoms with Crippen LogP contribution in [-0.4, -0.2) is 43.4 Å². The number of benzene rings is 2. The highest BCUT2D eigenvalue weighted by molar-refractivity contribution is 14.1. The number of carbonyl (C=O) groups excluding carboxylic acids is 2. The molecular weight excluding hydrogens is 647 g/mol. The number of hydrogen-bond donors (Lipinski definition) is 0. The third-order valence-electron chi connectivity index (χ3n) is 6.10. The number of nitrogens with zero attached hydrogens (tertiary/aromatic N) is 2. The number of thiazole rings is 1. The Bertz CT molecular complexity index is 1650. The molecule has 0 spiro atoms. The quantitative estimate of drug-likeness (QED) is 0.252. The van der Waals surface area contributed by atoms with Gasteiger partial charge in [-0.25, -0.2) is 14.6 Å². The molecule has 40 heavy (non-hydrogen) atoms. The summed E-state index contributed by atoms with van der Waals surface area (Å²) in [4.78, 5) is 43.8. The van der Waals surface area contributed by atoms with Crippen LogP contribution in [0.2, 0.25) is 0 Å². The largest absolute Gasteiger partial charge is 0.493 e. The Morgan fingerprint density at radius 3 is 2.45 bits per heavy atom. The molecule has 2 heterocycles. The van der Waals surface area contributed by atoms with Gasteiger partial charge in [0.05, 0.1) is 45.7 Å². The molecule has 1 atom stereocenters. The summed E-state index contributed by atoms with van der Waals surface area (Å²) in [6.45, 7) is 7.42. The zero-order chi connectivity index (χ0) is 29.0. The van der Waals surface area contributed by atoms with E-state index in [1.165, 1.54) is 18.4 Å². The molecule has 0 bridgehead atoms. The van der Waals surface area contributed by atoms with Gasteiger partial charge in [0.2, 0.25) is 0 Å². The van der Waals surface area contributed by atoms with Gasteiger partial charge in [-0.2, -0.15) is 0 Å². The van der Waals surface area contributed by atoms with Crippen molar-refractivity contribution in [3.8, 4) is 11.5 Å². The Morgan fingerprint density at radius 2 is 1.80 bits per heavy atom. The van der Waals surface area contributed by atoms with Gasteiger partial charge in [0.1, 0.15) is 0 Å². The highest BCUT2D eigenvalue weighted by Crippen LogP contribution is 2.34. The van der Waals surface area contributed by atoms with Gasteiger partial charge in [0, 0.05) is 0 Å². The fourth-order valence-corrected chi connectivity index (χ4v) is 6.13. The van der Waals surface area contributed by atoms with Gasteiger partial charge < -0.3 is 18.9 Å². The molecule has 0 saturated heterocycles. The summed E-state index contributed by atoms with van der Waals surface area (Å²) >= 11 is 3.33. The van der Waals surface area contributed by atoms with Crippen LogP contribution in [0.4, 0.5) is 0 Å². The normalized spacial score (nSPS) is 14.8. The van der Waals surface area contributed by atoms with Crippen molar-refractivity contribution in [2.75, 3.05) is 26.9 Å². The molecule has 11 heteroatoms. The molecule has 1 aliphatic rings. The number of aryl methyl sites for hydroxylation is 1. The van der Waals surface area contributed by atoms with Crippen LogP contribution in [0.15, 0.2) is 57.5 Å². The van der Waals surface area contributed by atoms with Gasteiger partial charge in [-0.1, -0.05) is 41.2 Å². The van der Waals surface area contributed by atoms with Crippen LogP contribution in [0.25, 0.3) is 6.08 Å². The molecule has 0 N–H and O–H groups in total. The van der Waals surface area contributed by atoms with E-state index >= 15 is 0 Å². The summed E-state index contributed by atoms with van der Waals surface area (Å²) in [5.74, 6) is -0.163. The van der Waals surface area contributed by atoms with Crippen LogP contribution in [0, 0.1) is 10.5 Å². The van der Waals surface area contributed by atoms with Crippen molar-refractivity contribution in [1.29, 1.82) is 0 Å². The lowest BCUT2D eigenvalue weighted by atomic mass is 9.95. The van der Waals surface area contributed by atoms with Gasteiger partial charge in [-0.05, 0) is 79.6 Å². The average molecular weight is 677 g/mol. The molecule has 0 saturated carbocycles. The summed E-state index contributed by atoms with van der Waals surface area (Å²) in [5.41, 5.74) is 3.12. The van der Waals surface area contributed by atoms with Gasteiger partial charge in [0.15, 0.2) is 22.9 Å². The van der Waals surface area contributed by atoms with Crippen LogP contribution in [-0.2, 0) is 19.1 Å². The topological polar surface area (TPSA) is 105 Å². The van der Waals surface area contributed by atoms with Gasteiger partial charge in [0.25, 0.3) is 5.56 Å². The first-order chi connectivity index (χ1) is 19.2. The van der Waals surface area contributed by atoms with E-state index in [0.29, 0.717) is 41.2 Å².